The predicted octanol–water partition coefficient (Wildman–Crippen LogP) is 3.17. The van der Waals surface area contributed by atoms with Gasteiger partial charge in [-0.2, -0.15) is 0 Å². The van der Waals surface area contributed by atoms with Crippen LogP contribution in [0.1, 0.15) is 23.4 Å². The van der Waals surface area contributed by atoms with E-state index in [-0.39, 0.29) is 22.8 Å². The maximum atomic E-state index is 12.2. The zero-order chi connectivity index (χ0) is 21.1. The number of aromatic nitrogens is 3. The predicted molar refractivity (Wildman–Crippen MR) is 116 cm³/mol. The molecule has 1 amide bonds. The van der Waals surface area contributed by atoms with Gasteiger partial charge in [-0.3, -0.25) is 9.52 Å². The van der Waals surface area contributed by atoms with Crippen LogP contribution < -0.4 is 10.0 Å². The topological polar surface area (TPSA) is 127 Å². The number of nitrogens with one attached hydrogen (secondary N) is 2. The molecule has 9 nitrogen and oxygen atoms in total. The molecule has 0 atom stereocenters. The molecule has 0 saturated heterocycles. The van der Waals surface area contributed by atoms with E-state index in [4.69, 9.17) is 4.42 Å². The highest BCUT2D eigenvalue weighted by atomic mass is 32.2. The number of rotatable bonds is 7. The second kappa shape index (κ2) is 8.74. The standard InChI is InChI=1S/C18H19N5O4S3/c1-30(25,26)23-12-8-6-11(7-9-12)16-21-22-18(27-16)28-10-15(24)20-17-19-13-4-2-3-5-14(13)29-17/h6-9,23H,2-5,10H2,1H3,(H,19,20,24). The summed E-state index contributed by atoms with van der Waals surface area (Å²) in [6.07, 6.45) is 5.42. The number of amides is 1. The van der Waals surface area contributed by atoms with Gasteiger partial charge in [-0.25, -0.2) is 13.4 Å². The molecule has 2 aromatic heterocycles. The normalized spacial score (nSPS) is 13.6. The summed E-state index contributed by atoms with van der Waals surface area (Å²) in [5.41, 5.74) is 2.19. The molecule has 0 radical (unpaired) electrons. The van der Waals surface area contributed by atoms with Crippen molar-refractivity contribution in [1.82, 2.24) is 15.2 Å². The molecular formula is C18H19N5O4S3. The fraction of sp³-hybridized carbons (Fsp3) is 0.333. The van der Waals surface area contributed by atoms with Crippen LogP contribution in [0, 0.1) is 0 Å². The minimum Gasteiger partial charge on any atom is -0.411 e. The number of anilines is 2. The summed E-state index contributed by atoms with van der Waals surface area (Å²) in [4.78, 5) is 18.0. The number of carbonyl (C=O) groups excluding carboxylic acids is 1. The van der Waals surface area contributed by atoms with Crippen LogP contribution in [0.2, 0.25) is 0 Å². The van der Waals surface area contributed by atoms with Crippen molar-refractivity contribution in [3.63, 3.8) is 0 Å². The molecule has 1 aromatic carbocycles. The number of aryl methyl sites for hydroxylation is 2. The summed E-state index contributed by atoms with van der Waals surface area (Å²) in [6.45, 7) is 0. The number of benzene rings is 1. The average Bonchev–Trinajstić information content (AvgIpc) is 3.32. The smallest absolute Gasteiger partial charge is 0.277 e. The Bertz CT molecular complexity index is 1130. The average molecular weight is 466 g/mol. The fourth-order valence-electron chi connectivity index (χ4n) is 2.97. The third-order valence-electron chi connectivity index (χ3n) is 4.26. The lowest BCUT2D eigenvalue weighted by Gasteiger charge is -2.06. The van der Waals surface area contributed by atoms with E-state index < -0.39 is 10.0 Å². The Morgan fingerprint density at radius 1 is 1.20 bits per heavy atom. The second-order valence-corrected chi connectivity index (χ2v) is 10.5. The minimum absolute atomic E-state index is 0.128. The molecule has 0 unspecified atom stereocenters. The molecular weight excluding hydrogens is 446 g/mol. The van der Waals surface area contributed by atoms with Crippen molar-refractivity contribution < 1.29 is 17.6 Å². The van der Waals surface area contributed by atoms with Gasteiger partial charge in [0.05, 0.1) is 17.7 Å². The van der Waals surface area contributed by atoms with E-state index in [1.54, 1.807) is 35.6 Å². The molecule has 0 saturated carbocycles. The molecule has 1 aliphatic carbocycles. The van der Waals surface area contributed by atoms with Gasteiger partial charge < -0.3 is 9.73 Å². The second-order valence-electron chi connectivity index (χ2n) is 6.76. The first-order valence-electron chi connectivity index (χ1n) is 9.19. The van der Waals surface area contributed by atoms with Crippen molar-refractivity contribution in [2.75, 3.05) is 22.0 Å². The molecule has 158 valence electrons. The van der Waals surface area contributed by atoms with E-state index in [9.17, 15) is 13.2 Å². The first kappa shape index (κ1) is 20.8. The molecule has 30 heavy (non-hydrogen) atoms. The fourth-order valence-corrected chi connectivity index (χ4v) is 5.16. The van der Waals surface area contributed by atoms with Gasteiger partial charge in [-0.1, -0.05) is 11.8 Å². The third-order valence-corrected chi connectivity index (χ3v) is 6.76. The first-order valence-corrected chi connectivity index (χ1v) is 12.9. The van der Waals surface area contributed by atoms with Crippen molar-refractivity contribution in [1.29, 1.82) is 0 Å². The minimum atomic E-state index is -3.34. The lowest BCUT2D eigenvalue weighted by atomic mass is 10.0. The molecule has 0 fully saturated rings. The van der Waals surface area contributed by atoms with Crippen LogP contribution in [-0.2, 0) is 27.7 Å². The van der Waals surface area contributed by atoms with Crippen LogP contribution in [0.3, 0.4) is 0 Å². The van der Waals surface area contributed by atoms with Gasteiger partial charge in [-0.15, -0.1) is 21.5 Å². The molecule has 4 rings (SSSR count). The van der Waals surface area contributed by atoms with E-state index in [2.05, 4.69) is 25.2 Å². The van der Waals surface area contributed by atoms with Crippen molar-refractivity contribution in [3.8, 4) is 11.5 Å². The van der Waals surface area contributed by atoms with Gasteiger partial charge in [0, 0.05) is 16.1 Å². The van der Waals surface area contributed by atoms with E-state index in [0.717, 1.165) is 43.0 Å². The highest BCUT2D eigenvalue weighted by Gasteiger charge is 2.17. The van der Waals surface area contributed by atoms with Crippen LogP contribution >= 0.6 is 23.1 Å². The molecule has 2 N–H and O–H groups in total. The zero-order valence-electron chi connectivity index (χ0n) is 16.0. The van der Waals surface area contributed by atoms with Gasteiger partial charge in [0.15, 0.2) is 5.13 Å². The van der Waals surface area contributed by atoms with Gasteiger partial charge >= 0.3 is 0 Å². The summed E-state index contributed by atoms with van der Waals surface area (Å²) < 4.78 is 30.5. The van der Waals surface area contributed by atoms with E-state index in [1.165, 1.54) is 11.3 Å². The van der Waals surface area contributed by atoms with Crippen molar-refractivity contribution in [3.05, 3.63) is 34.8 Å². The number of hydrogen-bond acceptors (Lipinski definition) is 9. The lowest BCUT2D eigenvalue weighted by molar-refractivity contribution is -0.113. The van der Waals surface area contributed by atoms with Gasteiger partial charge in [0.25, 0.3) is 5.22 Å². The van der Waals surface area contributed by atoms with Crippen LogP contribution in [-0.4, -0.2) is 41.5 Å². The van der Waals surface area contributed by atoms with Crippen LogP contribution in [0.25, 0.3) is 11.5 Å². The van der Waals surface area contributed by atoms with Crippen molar-refractivity contribution in [2.45, 2.75) is 30.9 Å². The summed E-state index contributed by atoms with van der Waals surface area (Å²) in [7, 11) is -3.34. The number of fused-ring (bicyclic) bond motifs is 1. The van der Waals surface area contributed by atoms with E-state index >= 15 is 0 Å². The SMILES string of the molecule is CS(=O)(=O)Nc1ccc(-c2nnc(SCC(=O)Nc3nc4c(s3)CCCC4)o2)cc1. The Hall–Kier alpha value is -2.44. The van der Waals surface area contributed by atoms with E-state index in [1.807, 2.05) is 0 Å². The molecule has 3 aromatic rings. The highest BCUT2D eigenvalue weighted by molar-refractivity contribution is 7.99. The summed E-state index contributed by atoms with van der Waals surface area (Å²) in [5.74, 6) is 0.238. The van der Waals surface area contributed by atoms with Gasteiger partial charge in [-0.05, 0) is 49.9 Å². The zero-order valence-corrected chi connectivity index (χ0v) is 18.5. The largest absolute Gasteiger partial charge is 0.411 e. The summed E-state index contributed by atoms with van der Waals surface area (Å²) in [6, 6.07) is 6.56. The maximum Gasteiger partial charge on any atom is 0.277 e. The van der Waals surface area contributed by atoms with Crippen LogP contribution in [0.5, 0.6) is 0 Å². The van der Waals surface area contributed by atoms with Gasteiger partial charge in [0.1, 0.15) is 0 Å². The number of hydrogen-bond donors (Lipinski definition) is 2. The Labute approximate surface area is 181 Å². The maximum absolute atomic E-state index is 12.2. The summed E-state index contributed by atoms with van der Waals surface area (Å²) >= 11 is 2.69. The Morgan fingerprint density at radius 2 is 1.97 bits per heavy atom. The Morgan fingerprint density at radius 3 is 2.70 bits per heavy atom. The molecule has 0 aliphatic heterocycles. The quantitative estimate of drug-likeness (QED) is 0.509. The monoisotopic (exact) mass is 465 g/mol. The van der Waals surface area contributed by atoms with Gasteiger partial charge in [0.2, 0.25) is 21.8 Å². The number of nitrogens with zero attached hydrogens (tertiary/aromatic N) is 3. The number of carbonyl (C=O) groups is 1. The Balaban J connectivity index is 1.32. The van der Waals surface area contributed by atoms with E-state index in [0.29, 0.717) is 16.4 Å². The van der Waals surface area contributed by atoms with Crippen LogP contribution in [0.4, 0.5) is 10.8 Å². The first-order chi connectivity index (χ1) is 14.4. The Kier molecular flexibility index (Phi) is 6.06. The highest BCUT2D eigenvalue weighted by Crippen LogP contribution is 2.30. The van der Waals surface area contributed by atoms with Crippen molar-refractivity contribution >= 4 is 49.8 Å². The molecule has 2 heterocycles. The number of thiazole rings is 1. The molecule has 0 bridgehead atoms. The number of thioether (sulfide) groups is 1. The van der Waals surface area contributed by atoms with Crippen LogP contribution in [0.15, 0.2) is 33.9 Å². The number of sulfonamides is 1. The molecule has 12 heteroatoms. The summed E-state index contributed by atoms with van der Waals surface area (Å²) in [5, 5.41) is 11.7. The van der Waals surface area contributed by atoms with Crippen molar-refractivity contribution in [2.24, 2.45) is 0 Å². The molecule has 1 aliphatic rings. The lowest BCUT2D eigenvalue weighted by Crippen LogP contribution is -2.13. The molecule has 0 spiro atoms. The third kappa shape index (κ3) is 5.37.